The zero-order valence-corrected chi connectivity index (χ0v) is 9.27. The van der Waals surface area contributed by atoms with E-state index in [4.69, 9.17) is 10.9 Å². The monoisotopic (exact) mass is 205 g/mol. The lowest BCUT2D eigenvalue weighted by Crippen LogP contribution is -2.34. The molecule has 5 heteroatoms. The molecular weight excluding hydrogens is 186 g/mol. The smallest absolute Gasteiger partial charge is 0.140 e. The third-order valence-electron chi connectivity index (χ3n) is 1.80. The minimum Gasteiger partial charge on any atom is -0.409 e. The van der Waals surface area contributed by atoms with Gasteiger partial charge in [0.05, 0.1) is 0 Å². The minimum absolute atomic E-state index is 0.255. The second kappa shape index (κ2) is 7.03. The molecule has 0 aromatic carbocycles. The molecule has 0 aliphatic rings. The van der Waals surface area contributed by atoms with Gasteiger partial charge in [-0.15, -0.1) is 0 Å². The maximum absolute atomic E-state index is 8.34. The molecule has 2 atom stereocenters. The second-order valence-electron chi connectivity index (χ2n) is 3.15. The van der Waals surface area contributed by atoms with Crippen LogP contribution in [0, 0.1) is 0 Å². The third-order valence-corrected chi connectivity index (χ3v) is 2.77. The van der Waals surface area contributed by atoms with E-state index in [1.165, 1.54) is 0 Å². The van der Waals surface area contributed by atoms with Gasteiger partial charge in [-0.05, 0) is 13.2 Å². The molecule has 0 fully saturated rings. The van der Waals surface area contributed by atoms with Crippen molar-refractivity contribution in [2.45, 2.75) is 31.6 Å². The van der Waals surface area contributed by atoms with Crippen LogP contribution in [0.1, 0.15) is 20.3 Å². The van der Waals surface area contributed by atoms with Crippen LogP contribution in [0.25, 0.3) is 0 Å². The van der Waals surface area contributed by atoms with Crippen LogP contribution in [0.3, 0.4) is 0 Å². The molecule has 4 N–H and O–H groups in total. The fourth-order valence-electron chi connectivity index (χ4n) is 0.877. The van der Waals surface area contributed by atoms with Crippen molar-refractivity contribution in [3.63, 3.8) is 0 Å². The molecule has 0 heterocycles. The molecule has 4 nitrogen and oxygen atoms in total. The van der Waals surface area contributed by atoms with E-state index in [0.717, 1.165) is 6.54 Å². The lowest BCUT2D eigenvalue weighted by molar-refractivity contribution is 0.316. The van der Waals surface area contributed by atoms with Gasteiger partial charge in [0.2, 0.25) is 0 Å². The molecule has 0 saturated heterocycles. The Morgan fingerprint density at radius 2 is 2.23 bits per heavy atom. The summed E-state index contributed by atoms with van der Waals surface area (Å²) in [5.41, 5.74) is 5.37. The maximum atomic E-state index is 8.34. The van der Waals surface area contributed by atoms with Gasteiger partial charge in [-0.1, -0.05) is 12.1 Å². The minimum atomic E-state index is 0.255. The van der Waals surface area contributed by atoms with Crippen molar-refractivity contribution >= 4 is 17.6 Å². The third kappa shape index (κ3) is 6.72. The van der Waals surface area contributed by atoms with E-state index in [2.05, 4.69) is 23.7 Å². The van der Waals surface area contributed by atoms with E-state index in [9.17, 15) is 0 Å². The van der Waals surface area contributed by atoms with Gasteiger partial charge in [0, 0.05) is 24.3 Å². The maximum Gasteiger partial charge on any atom is 0.140 e. The molecule has 0 aromatic heterocycles. The number of nitrogens with two attached hydrogens (primary N) is 1. The van der Waals surface area contributed by atoms with Crippen molar-refractivity contribution in [2.24, 2.45) is 10.9 Å². The number of hydrogen-bond acceptors (Lipinski definition) is 4. The summed E-state index contributed by atoms with van der Waals surface area (Å²) in [5.74, 6) is 0.275. The number of hydrogen-bond donors (Lipinski definition) is 3. The summed E-state index contributed by atoms with van der Waals surface area (Å²) < 4.78 is 0. The van der Waals surface area contributed by atoms with Crippen molar-refractivity contribution in [1.82, 2.24) is 5.32 Å². The SMILES string of the molecule is CSC(C)CNC(C)CC(N)=NO. The van der Waals surface area contributed by atoms with Crippen LogP contribution in [0.5, 0.6) is 0 Å². The van der Waals surface area contributed by atoms with E-state index in [-0.39, 0.29) is 11.9 Å². The fraction of sp³-hybridized carbons (Fsp3) is 0.875. The van der Waals surface area contributed by atoms with Crippen molar-refractivity contribution in [3.05, 3.63) is 0 Å². The van der Waals surface area contributed by atoms with E-state index >= 15 is 0 Å². The molecule has 0 amide bonds. The van der Waals surface area contributed by atoms with Gasteiger partial charge in [-0.25, -0.2) is 0 Å². The van der Waals surface area contributed by atoms with Gasteiger partial charge in [-0.2, -0.15) is 11.8 Å². The zero-order valence-electron chi connectivity index (χ0n) is 8.45. The molecule has 0 rings (SSSR count). The lowest BCUT2D eigenvalue weighted by atomic mass is 10.2. The summed E-state index contributed by atoms with van der Waals surface area (Å²) in [6.07, 6.45) is 2.66. The summed E-state index contributed by atoms with van der Waals surface area (Å²) in [5, 5.41) is 15.2. The van der Waals surface area contributed by atoms with Crippen molar-refractivity contribution in [1.29, 1.82) is 0 Å². The van der Waals surface area contributed by atoms with Crippen molar-refractivity contribution < 1.29 is 5.21 Å². The summed E-state index contributed by atoms with van der Waals surface area (Å²) >= 11 is 1.82. The number of thioether (sulfide) groups is 1. The van der Waals surface area contributed by atoms with Gasteiger partial charge in [0.1, 0.15) is 5.84 Å². The predicted octanol–water partition coefficient (Wildman–Crippen LogP) is 0.853. The standard InChI is InChI=1S/C8H19N3OS/c1-6(4-8(9)11-12)10-5-7(2)13-3/h6-7,10,12H,4-5H2,1-3H3,(H2,9,11). The average molecular weight is 205 g/mol. The topological polar surface area (TPSA) is 70.6 Å². The van der Waals surface area contributed by atoms with Gasteiger partial charge in [-0.3, -0.25) is 0 Å². The highest BCUT2D eigenvalue weighted by molar-refractivity contribution is 7.99. The number of rotatable bonds is 6. The van der Waals surface area contributed by atoms with Crippen LogP contribution in [-0.4, -0.2) is 35.1 Å². The van der Waals surface area contributed by atoms with E-state index < -0.39 is 0 Å². The van der Waals surface area contributed by atoms with Crippen LogP contribution in [0.2, 0.25) is 0 Å². The number of amidine groups is 1. The molecule has 0 saturated carbocycles. The van der Waals surface area contributed by atoms with E-state index in [1.807, 2.05) is 18.7 Å². The molecule has 78 valence electrons. The summed E-state index contributed by atoms with van der Waals surface area (Å²) in [7, 11) is 0. The summed E-state index contributed by atoms with van der Waals surface area (Å²) in [4.78, 5) is 0. The molecule has 0 bridgehead atoms. The first kappa shape index (κ1) is 12.6. The first-order chi connectivity index (χ1) is 6.10. The van der Waals surface area contributed by atoms with Gasteiger partial charge >= 0.3 is 0 Å². The molecule has 13 heavy (non-hydrogen) atoms. The Morgan fingerprint density at radius 1 is 1.62 bits per heavy atom. The Morgan fingerprint density at radius 3 is 2.69 bits per heavy atom. The molecule has 0 aromatic rings. The first-order valence-corrected chi connectivity index (χ1v) is 5.61. The second-order valence-corrected chi connectivity index (χ2v) is 4.43. The molecule has 0 aliphatic carbocycles. The van der Waals surface area contributed by atoms with Crippen molar-refractivity contribution in [3.8, 4) is 0 Å². The number of oxime groups is 1. The molecule has 0 aliphatic heterocycles. The number of nitrogens with zero attached hydrogens (tertiary/aromatic N) is 1. The summed E-state index contributed by atoms with van der Waals surface area (Å²) in [6, 6.07) is 0.255. The molecule has 0 radical (unpaired) electrons. The quantitative estimate of drug-likeness (QED) is 0.260. The van der Waals surface area contributed by atoms with Crippen LogP contribution in [0.15, 0.2) is 5.16 Å². The molecule has 2 unspecified atom stereocenters. The van der Waals surface area contributed by atoms with Gasteiger partial charge in [0.15, 0.2) is 0 Å². The van der Waals surface area contributed by atoms with E-state index in [0.29, 0.717) is 11.7 Å². The Kier molecular flexibility index (Phi) is 6.80. The molecular formula is C8H19N3OS. The van der Waals surface area contributed by atoms with Crippen LogP contribution < -0.4 is 11.1 Å². The molecule has 0 spiro atoms. The Labute approximate surface area is 84.0 Å². The van der Waals surface area contributed by atoms with E-state index in [1.54, 1.807) is 0 Å². The van der Waals surface area contributed by atoms with Crippen LogP contribution >= 0.6 is 11.8 Å². The Hall–Kier alpha value is -0.420. The summed E-state index contributed by atoms with van der Waals surface area (Å²) in [6.45, 7) is 5.13. The van der Waals surface area contributed by atoms with Gasteiger partial charge < -0.3 is 16.3 Å². The van der Waals surface area contributed by atoms with Crippen LogP contribution in [0.4, 0.5) is 0 Å². The lowest BCUT2D eigenvalue weighted by Gasteiger charge is -2.15. The Balaban J connectivity index is 3.57. The Bertz CT molecular complexity index is 163. The highest BCUT2D eigenvalue weighted by Crippen LogP contribution is 2.03. The zero-order chi connectivity index (χ0) is 10.3. The van der Waals surface area contributed by atoms with Gasteiger partial charge in [0.25, 0.3) is 0 Å². The fourth-order valence-corrected chi connectivity index (χ4v) is 1.14. The average Bonchev–Trinajstić information content (AvgIpc) is 2.13. The first-order valence-electron chi connectivity index (χ1n) is 4.32. The largest absolute Gasteiger partial charge is 0.409 e. The van der Waals surface area contributed by atoms with Crippen LogP contribution in [-0.2, 0) is 0 Å². The number of nitrogens with one attached hydrogen (secondary N) is 1. The highest BCUT2D eigenvalue weighted by Gasteiger charge is 2.06. The van der Waals surface area contributed by atoms with Crippen molar-refractivity contribution in [2.75, 3.05) is 12.8 Å². The predicted molar refractivity (Wildman–Crippen MR) is 58.5 cm³/mol. The normalized spacial score (nSPS) is 17.0. The highest BCUT2D eigenvalue weighted by atomic mass is 32.2.